The highest BCUT2D eigenvalue weighted by Crippen LogP contribution is 2.39. The Labute approximate surface area is 119 Å². The maximum absolute atomic E-state index is 6.28. The molecule has 0 saturated carbocycles. The Bertz CT molecular complexity index is 535. The summed E-state index contributed by atoms with van der Waals surface area (Å²) in [6.07, 6.45) is 0.934. The number of aryl methyl sites for hydroxylation is 2. The van der Waals surface area contributed by atoms with Gasteiger partial charge in [-0.05, 0) is 44.0 Å². The molecule has 1 aromatic heterocycles. The molecule has 0 bridgehead atoms. The lowest BCUT2D eigenvalue weighted by Gasteiger charge is -2.21. The van der Waals surface area contributed by atoms with Crippen molar-refractivity contribution in [1.82, 2.24) is 0 Å². The van der Waals surface area contributed by atoms with Crippen LogP contribution in [0.1, 0.15) is 35.7 Å². The first-order valence-corrected chi connectivity index (χ1v) is 7.54. The largest absolute Gasteiger partial charge is 0.465 e. The molecule has 1 aromatic carbocycles. The maximum Gasteiger partial charge on any atom is 0.119 e. The van der Waals surface area contributed by atoms with Crippen LogP contribution < -0.4 is 5.73 Å². The molecule has 0 aliphatic carbocycles. The second-order valence-corrected chi connectivity index (χ2v) is 6.01. The fourth-order valence-electron chi connectivity index (χ4n) is 2.00. The molecule has 19 heavy (non-hydrogen) atoms. The second-order valence-electron chi connectivity index (χ2n) is 4.82. The van der Waals surface area contributed by atoms with Crippen molar-refractivity contribution in [3.05, 3.63) is 53.5 Å². The minimum atomic E-state index is 0.0927. The number of nitrogens with two attached hydrogens (primary N) is 1. The molecule has 0 spiro atoms. The van der Waals surface area contributed by atoms with Crippen LogP contribution in [0.2, 0.25) is 0 Å². The molecule has 3 heteroatoms. The van der Waals surface area contributed by atoms with Gasteiger partial charge in [0.2, 0.25) is 0 Å². The van der Waals surface area contributed by atoms with E-state index in [9.17, 15) is 0 Å². The predicted octanol–water partition coefficient (Wildman–Crippen LogP) is 4.47. The van der Waals surface area contributed by atoms with E-state index in [4.69, 9.17) is 10.2 Å². The highest BCUT2D eigenvalue weighted by atomic mass is 32.2. The Hall–Kier alpha value is -1.19. The van der Waals surface area contributed by atoms with E-state index in [1.807, 2.05) is 19.1 Å². The Morgan fingerprint density at radius 1 is 1.16 bits per heavy atom. The summed E-state index contributed by atoms with van der Waals surface area (Å²) in [7, 11) is 0. The quantitative estimate of drug-likeness (QED) is 0.818. The Balaban J connectivity index is 2.27. The third kappa shape index (κ3) is 3.43. The Morgan fingerprint density at radius 2 is 1.89 bits per heavy atom. The lowest BCUT2D eigenvalue weighted by molar-refractivity contribution is 0.454. The Morgan fingerprint density at radius 3 is 2.47 bits per heavy atom. The molecule has 0 amide bonds. The van der Waals surface area contributed by atoms with Gasteiger partial charge < -0.3 is 10.2 Å². The van der Waals surface area contributed by atoms with Crippen molar-refractivity contribution in [2.75, 3.05) is 0 Å². The van der Waals surface area contributed by atoms with E-state index in [0.717, 1.165) is 17.9 Å². The van der Waals surface area contributed by atoms with Crippen molar-refractivity contribution in [2.45, 2.75) is 43.4 Å². The number of hydrogen-bond donors (Lipinski definition) is 1. The van der Waals surface area contributed by atoms with Crippen molar-refractivity contribution in [2.24, 2.45) is 5.73 Å². The van der Waals surface area contributed by atoms with E-state index < -0.39 is 0 Å². The van der Waals surface area contributed by atoms with Gasteiger partial charge in [-0.2, -0.15) is 0 Å². The van der Waals surface area contributed by atoms with Gasteiger partial charge in [0.15, 0.2) is 0 Å². The number of furan rings is 1. The highest BCUT2D eigenvalue weighted by Gasteiger charge is 2.23. The van der Waals surface area contributed by atoms with Gasteiger partial charge in [0, 0.05) is 10.9 Å². The topological polar surface area (TPSA) is 39.2 Å². The molecule has 0 saturated heterocycles. The third-order valence-electron chi connectivity index (χ3n) is 3.25. The molecule has 0 fully saturated rings. The first-order chi connectivity index (χ1) is 9.11. The fraction of sp³-hybridized carbons (Fsp3) is 0.375. The summed E-state index contributed by atoms with van der Waals surface area (Å²) in [5, 5.41) is 0.166. The van der Waals surface area contributed by atoms with Crippen LogP contribution in [-0.2, 0) is 0 Å². The molecular weight excluding hydrogens is 254 g/mol. The summed E-state index contributed by atoms with van der Waals surface area (Å²) in [5.74, 6) is 1.91. The molecule has 2 rings (SSSR count). The van der Waals surface area contributed by atoms with Crippen LogP contribution >= 0.6 is 11.8 Å². The fourth-order valence-corrected chi connectivity index (χ4v) is 3.30. The molecule has 0 aliphatic rings. The van der Waals surface area contributed by atoms with Crippen molar-refractivity contribution in [1.29, 1.82) is 0 Å². The SMILES string of the molecule is CCC(N)C(Sc1ccccc1C)c1ccc(C)o1. The number of thioether (sulfide) groups is 1. The van der Waals surface area contributed by atoms with Crippen LogP contribution in [0.25, 0.3) is 0 Å². The zero-order valence-corrected chi connectivity index (χ0v) is 12.5. The average molecular weight is 275 g/mol. The van der Waals surface area contributed by atoms with E-state index in [1.54, 1.807) is 11.8 Å². The van der Waals surface area contributed by atoms with Gasteiger partial charge in [0.1, 0.15) is 11.5 Å². The number of rotatable bonds is 5. The highest BCUT2D eigenvalue weighted by molar-refractivity contribution is 7.99. The van der Waals surface area contributed by atoms with E-state index in [2.05, 4.69) is 38.1 Å². The standard InChI is InChI=1S/C16H21NOS/c1-4-13(17)16(14-10-9-12(3)18-14)19-15-8-6-5-7-11(15)2/h5-10,13,16H,4,17H2,1-3H3. The van der Waals surface area contributed by atoms with Crippen LogP contribution in [0.5, 0.6) is 0 Å². The van der Waals surface area contributed by atoms with Gasteiger partial charge in [0.05, 0.1) is 5.25 Å². The van der Waals surface area contributed by atoms with Crippen LogP contribution in [-0.4, -0.2) is 6.04 Å². The third-order valence-corrected chi connectivity index (χ3v) is 4.80. The minimum Gasteiger partial charge on any atom is -0.465 e. The van der Waals surface area contributed by atoms with Gasteiger partial charge in [0.25, 0.3) is 0 Å². The van der Waals surface area contributed by atoms with Gasteiger partial charge in [-0.15, -0.1) is 11.8 Å². The monoisotopic (exact) mass is 275 g/mol. The van der Waals surface area contributed by atoms with Gasteiger partial charge in [-0.25, -0.2) is 0 Å². The zero-order chi connectivity index (χ0) is 13.8. The summed E-state index contributed by atoms with van der Waals surface area (Å²) in [4.78, 5) is 1.27. The van der Waals surface area contributed by atoms with Crippen molar-refractivity contribution >= 4 is 11.8 Å². The van der Waals surface area contributed by atoms with Crippen LogP contribution in [0.4, 0.5) is 0 Å². The molecular formula is C16H21NOS. The summed E-state index contributed by atoms with van der Waals surface area (Å²) >= 11 is 1.80. The minimum absolute atomic E-state index is 0.0927. The van der Waals surface area contributed by atoms with E-state index in [-0.39, 0.29) is 11.3 Å². The van der Waals surface area contributed by atoms with Crippen LogP contribution in [0.15, 0.2) is 45.7 Å². The van der Waals surface area contributed by atoms with Gasteiger partial charge in [-0.3, -0.25) is 0 Å². The van der Waals surface area contributed by atoms with E-state index in [0.29, 0.717) is 0 Å². The van der Waals surface area contributed by atoms with E-state index >= 15 is 0 Å². The summed E-state index contributed by atoms with van der Waals surface area (Å²) in [6, 6.07) is 12.5. The predicted molar refractivity (Wildman–Crippen MR) is 81.5 cm³/mol. The molecule has 1 heterocycles. The second kappa shape index (κ2) is 6.31. The molecule has 0 radical (unpaired) electrons. The number of hydrogen-bond acceptors (Lipinski definition) is 3. The smallest absolute Gasteiger partial charge is 0.119 e. The zero-order valence-electron chi connectivity index (χ0n) is 11.7. The average Bonchev–Trinajstić information content (AvgIpc) is 2.83. The van der Waals surface area contributed by atoms with Crippen molar-refractivity contribution in [3.8, 4) is 0 Å². The normalized spacial score (nSPS) is 14.3. The lowest BCUT2D eigenvalue weighted by Crippen LogP contribution is -2.25. The molecule has 0 aliphatic heterocycles. The first kappa shape index (κ1) is 14.2. The molecule has 2 aromatic rings. The summed E-state index contributed by atoms with van der Waals surface area (Å²) < 4.78 is 5.78. The van der Waals surface area contributed by atoms with Crippen LogP contribution in [0.3, 0.4) is 0 Å². The number of benzene rings is 1. The Kier molecular flexibility index (Phi) is 4.72. The molecule has 2 N–H and O–H groups in total. The molecule has 102 valence electrons. The van der Waals surface area contributed by atoms with Gasteiger partial charge in [-0.1, -0.05) is 25.1 Å². The van der Waals surface area contributed by atoms with Crippen molar-refractivity contribution < 1.29 is 4.42 Å². The van der Waals surface area contributed by atoms with Crippen LogP contribution in [0, 0.1) is 13.8 Å². The summed E-state index contributed by atoms with van der Waals surface area (Å²) in [5.41, 5.74) is 7.56. The lowest BCUT2D eigenvalue weighted by atomic mass is 10.1. The molecule has 2 unspecified atom stereocenters. The van der Waals surface area contributed by atoms with Gasteiger partial charge >= 0.3 is 0 Å². The van der Waals surface area contributed by atoms with Crippen molar-refractivity contribution in [3.63, 3.8) is 0 Å². The summed E-state index contributed by atoms with van der Waals surface area (Å²) in [6.45, 7) is 6.21. The van der Waals surface area contributed by atoms with E-state index in [1.165, 1.54) is 10.5 Å². The maximum atomic E-state index is 6.28. The molecule has 2 atom stereocenters. The molecule has 2 nitrogen and oxygen atoms in total. The first-order valence-electron chi connectivity index (χ1n) is 6.66.